The first-order valence-corrected chi connectivity index (χ1v) is 6.79. The van der Waals surface area contributed by atoms with Crippen molar-refractivity contribution < 1.29 is 9.59 Å². The first-order chi connectivity index (χ1) is 8.47. The number of likely N-dealkylation sites (N-methyl/N-ethyl adjacent to an activating group) is 1. The predicted octanol–water partition coefficient (Wildman–Crippen LogP) is 0.358. The topological polar surface area (TPSA) is 61.4 Å². The fourth-order valence-corrected chi connectivity index (χ4v) is 2.12. The number of nitrogens with zero attached hydrogens (tertiary/aromatic N) is 1. The summed E-state index contributed by atoms with van der Waals surface area (Å²) in [6.45, 7) is 9.96. The van der Waals surface area contributed by atoms with Crippen LogP contribution in [0.1, 0.15) is 34.1 Å². The van der Waals surface area contributed by atoms with Crippen LogP contribution in [0, 0.1) is 5.92 Å². The average molecular weight is 255 g/mol. The van der Waals surface area contributed by atoms with E-state index in [0.29, 0.717) is 19.0 Å². The fraction of sp³-hybridized carbons (Fsp3) is 0.846. The molecule has 0 aromatic rings. The molecule has 0 aromatic carbocycles. The van der Waals surface area contributed by atoms with E-state index in [1.165, 1.54) is 0 Å². The molecule has 0 spiro atoms. The second kappa shape index (κ2) is 6.73. The highest BCUT2D eigenvalue weighted by Gasteiger charge is 2.36. The van der Waals surface area contributed by atoms with Gasteiger partial charge in [0.1, 0.15) is 6.04 Å². The smallest absolute Gasteiger partial charge is 0.242 e. The van der Waals surface area contributed by atoms with Crippen molar-refractivity contribution in [2.24, 2.45) is 5.92 Å². The largest absolute Gasteiger partial charge is 0.354 e. The summed E-state index contributed by atoms with van der Waals surface area (Å²) < 4.78 is 0. The van der Waals surface area contributed by atoms with Gasteiger partial charge in [-0.1, -0.05) is 20.8 Å². The maximum Gasteiger partial charge on any atom is 0.242 e. The molecule has 0 aromatic heterocycles. The van der Waals surface area contributed by atoms with Crippen molar-refractivity contribution in [1.29, 1.82) is 0 Å². The Morgan fingerprint density at radius 1 is 1.44 bits per heavy atom. The van der Waals surface area contributed by atoms with E-state index >= 15 is 0 Å². The van der Waals surface area contributed by atoms with Gasteiger partial charge < -0.3 is 15.5 Å². The van der Waals surface area contributed by atoms with Gasteiger partial charge in [-0.2, -0.15) is 0 Å². The quantitative estimate of drug-likeness (QED) is 0.720. The van der Waals surface area contributed by atoms with Crippen LogP contribution in [0.4, 0.5) is 0 Å². The van der Waals surface area contributed by atoms with Gasteiger partial charge >= 0.3 is 0 Å². The Morgan fingerprint density at radius 3 is 2.67 bits per heavy atom. The van der Waals surface area contributed by atoms with Crippen molar-refractivity contribution in [3.63, 3.8) is 0 Å². The minimum atomic E-state index is -0.375. The number of hydrogen-bond acceptors (Lipinski definition) is 3. The van der Waals surface area contributed by atoms with Crippen molar-refractivity contribution in [2.75, 3.05) is 19.6 Å². The van der Waals surface area contributed by atoms with Crippen molar-refractivity contribution in [2.45, 2.75) is 46.2 Å². The van der Waals surface area contributed by atoms with Crippen LogP contribution in [0.25, 0.3) is 0 Å². The molecule has 1 rings (SSSR count). The summed E-state index contributed by atoms with van der Waals surface area (Å²) >= 11 is 0. The minimum Gasteiger partial charge on any atom is -0.354 e. The highest BCUT2D eigenvalue weighted by atomic mass is 16.2. The number of carbonyl (C=O) groups excluding carboxylic acids is 2. The van der Waals surface area contributed by atoms with Gasteiger partial charge in [-0.3, -0.25) is 9.59 Å². The Balaban J connectivity index is 2.49. The highest BCUT2D eigenvalue weighted by Crippen LogP contribution is 2.14. The van der Waals surface area contributed by atoms with Gasteiger partial charge in [0.15, 0.2) is 0 Å². The second-order valence-corrected chi connectivity index (χ2v) is 5.25. The number of amides is 2. The summed E-state index contributed by atoms with van der Waals surface area (Å²) in [7, 11) is 0. The van der Waals surface area contributed by atoms with E-state index in [4.69, 9.17) is 0 Å². The fourth-order valence-electron chi connectivity index (χ4n) is 2.12. The summed E-state index contributed by atoms with van der Waals surface area (Å²) in [6, 6.07) is -0.491. The molecule has 0 radical (unpaired) electrons. The van der Waals surface area contributed by atoms with E-state index in [-0.39, 0.29) is 23.9 Å². The molecule has 1 saturated heterocycles. The number of likely N-dealkylation sites (tertiary alicyclic amines) is 1. The standard InChI is InChI=1S/C13H25N3O2/c1-5-14-11-6-7-16(13(11)18)10(4)12(17)15-8-9(2)3/h9-11,14H,5-8H2,1-4H3,(H,15,17). The van der Waals surface area contributed by atoms with Gasteiger partial charge in [-0.05, 0) is 25.8 Å². The lowest BCUT2D eigenvalue weighted by molar-refractivity contribution is -0.137. The Labute approximate surface area is 109 Å². The number of carbonyl (C=O) groups is 2. The van der Waals surface area contributed by atoms with Crippen molar-refractivity contribution in [3.8, 4) is 0 Å². The molecule has 2 amide bonds. The van der Waals surface area contributed by atoms with E-state index in [0.717, 1.165) is 13.0 Å². The molecule has 5 heteroatoms. The maximum absolute atomic E-state index is 12.1. The molecule has 5 nitrogen and oxygen atoms in total. The van der Waals surface area contributed by atoms with Crippen molar-refractivity contribution >= 4 is 11.8 Å². The zero-order chi connectivity index (χ0) is 13.7. The first-order valence-electron chi connectivity index (χ1n) is 6.79. The zero-order valence-corrected chi connectivity index (χ0v) is 11.8. The number of hydrogen-bond donors (Lipinski definition) is 2. The summed E-state index contributed by atoms with van der Waals surface area (Å²) in [4.78, 5) is 25.7. The van der Waals surface area contributed by atoms with Crippen LogP contribution >= 0.6 is 0 Å². The lowest BCUT2D eigenvalue weighted by Crippen LogP contribution is -2.49. The molecular weight excluding hydrogens is 230 g/mol. The SMILES string of the molecule is CCNC1CCN(C(C)C(=O)NCC(C)C)C1=O. The van der Waals surface area contributed by atoms with Gasteiger partial charge in [0.25, 0.3) is 0 Å². The molecule has 2 N–H and O–H groups in total. The van der Waals surface area contributed by atoms with E-state index in [9.17, 15) is 9.59 Å². The van der Waals surface area contributed by atoms with E-state index < -0.39 is 0 Å². The van der Waals surface area contributed by atoms with Crippen LogP contribution in [0.3, 0.4) is 0 Å². The molecule has 2 unspecified atom stereocenters. The van der Waals surface area contributed by atoms with Crippen LogP contribution in [0.5, 0.6) is 0 Å². The van der Waals surface area contributed by atoms with Gasteiger partial charge in [0, 0.05) is 13.1 Å². The van der Waals surface area contributed by atoms with Gasteiger partial charge in [-0.25, -0.2) is 0 Å². The van der Waals surface area contributed by atoms with Crippen molar-refractivity contribution in [3.05, 3.63) is 0 Å². The third-order valence-corrected chi connectivity index (χ3v) is 3.22. The monoisotopic (exact) mass is 255 g/mol. The van der Waals surface area contributed by atoms with E-state index in [2.05, 4.69) is 10.6 Å². The second-order valence-electron chi connectivity index (χ2n) is 5.25. The highest BCUT2D eigenvalue weighted by molar-refractivity contribution is 5.90. The maximum atomic E-state index is 12.1. The normalized spacial score (nSPS) is 21.5. The van der Waals surface area contributed by atoms with Gasteiger partial charge in [0.2, 0.25) is 11.8 Å². The molecule has 0 aliphatic carbocycles. The first kappa shape index (κ1) is 15.0. The van der Waals surface area contributed by atoms with E-state index in [1.807, 2.05) is 20.8 Å². The van der Waals surface area contributed by atoms with E-state index in [1.54, 1.807) is 11.8 Å². The molecule has 1 fully saturated rings. The summed E-state index contributed by atoms with van der Waals surface area (Å²) in [5, 5.41) is 6.02. The third-order valence-electron chi connectivity index (χ3n) is 3.22. The molecule has 2 atom stereocenters. The van der Waals surface area contributed by atoms with Crippen LogP contribution in [-0.2, 0) is 9.59 Å². The number of nitrogens with one attached hydrogen (secondary N) is 2. The van der Waals surface area contributed by atoms with Gasteiger partial charge in [-0.15, -0.1) is 0 Å². The molecule has 0 bridgehead atoms. The summed E-state index contributed by atoms with van der Waals surface area (Å²) in [5.74, 6) is 0.406. The average Bonchev–Trinajstić information content (AvgIpc) is 2.68. The Bertz CT molecular complexity index is 305. The summed E-state index contributed by atoms with van der Waals surface area (Å²) in [6.07, 6.45) is 0.786. The molecule has 0 saturated carbocycles. The molecule has 1 heterocycles. The van der Waals surface area contributed by atoms with Crippen LogP contribution in [-0.4, -0.2) is 48.4 Å². The molecule has 104 valence electrons. The molecule has 1 aliphatic heterocycles. The Hall–Kier alpha value is -1.10. The molecule has 18 heavy (non-hydrogen) atoms. The molecule has 1 aliphatic rings. The Morgan fingerprint density at radius 2 is 2.11 bits per heavy atom. The predicted molar refractivity (Wildman–Crippen MR) is 71.1 cm³/mol. The zero-order valence-electron chi connectivity index (χ0n) is 11.8. The van der Waals surface area contributed by atoms with Crippen LogP contribution in [0.15, 0.2) is 0 Å². The summed E-state index contributed by atoms with van der Waals surface area (Å²) in [5.41, 5.74) is 0. The molecular formula is C13H25N3O2. The lowest BCUT2D eigenvalue weighted by atomic mass is 10.2. The van der Waals surface area contributed by atoms with Crippen LogP contribution in [0.2, 0.25) is 0 Å². The third kappa shape index (κ3) is 3.70. The lowest BCUT2D eigenvalue weighted by Gasteiger charge is -2.24. The van der Waals surface area contributed by atoms with Crippen LogP contribution < -0.4 is 10.6 Å². The van der Waals surface area contributed by atoms with Crippen molar-refractivity contribution in [1.82, 2.24) is 15.5 Å². The van der Waals surface area contributed by atoms with Gasteiger partial charge in [0.05, 0.1) is 6.04 Å². The number of rotatable bonds is 6. The minimum absolute atomic E-state index is 0.0454. The Kier molecular flexibility index (Phi) is 5.59.